The zero-order valence-corrected chi connectivity index (χ0v) is 18.8. The van der Waals surface area contributed by atoms with Crippen LogP contribution in [0.2, 0.25) is 5.02 Å². The molecule has 164 valence electrons. The molecule has 5 heteroatoms. The first kappa shape index (κ1) is 21.2. The second-order valence-electron chi connectivity index (χ2n) is 8.82. The van der Waals surface area contributed by atoms with Gasteiger partial charge in [0.25, 0.3) is 0 Å². The zero-order chi connectivity index (χ0) is 22.0. The molecule has 1 atom stereocenters. The standard InChI is InChI=1S/C27H28ClN3O/c28-22-11-12-26(32)23(17-22)25-18-24(21-9-5-2-6-10-21)29-27(30-25)13-15-31(16-14-27)19-20-7-3-1-4-8-20/h1-12,17,25,30,32H,13-16,18-19H2/t25-/m1/s1. The Morgan fingerprint density at radius 1 is 0.969 bits per heavy atom. The lowest BCUT2D eigenvalue weighted by Crippen LogP contribution is -2.55. The smallest absolute Gasteiger partial charge is 0.120 e. The summed E-state index contributed by atoms with van der Waals surface area (Å²) in [5.41, 5.74) is 4.08. The van der Waals surface area contributed by atoms with Crippen LogP contribution in [0.15, 0.2) is 83.9 Å². The number of hydrogen-bond acceptors (Lipinski definition) is 4. The van der Waals surface area contributed by atoms with Crippen LogP contribution >= 0.6 is 11.6 Å². The first-order valence-corrected chi connectivity index (χ1v) is 11.6. The Kier molecular flexibility index (Phi) is 6.01. The summed E-state index contributed by atoms with van der Waals surface area (Å²) in [6, 6.07) is 26.3. The number of nitrogens with zero attached hydrogens (tertiary/aromatic N) is 2. The summed E-state index contributed by atoms with van der Waals surface area (Å²) >= 11 is 6.29. The highest BCUT2D eigenvalue weighted by molar-refractivity contribution is 6.30. The van der Waals surface area contributed by atoms with Gasteiger partial charge in [-0.25, -0.2) is 0 Å². The Morgan fingerprint density at radius 3 is 2.38 bits per heavy atom. The number of aromatic hydroxyl groups is 1. The predicted octanol–water partition coefficient (Wildman–Crippen LogP) is 5.56. The monoisotopic (exact) mass is 445 g/mol. The maximum Gasteiger partial charge on any atom is 0.120 e. The lowest BCUT2D eigenvalue weighted by atomic mass is 9.87. The number of phenols is 1. The highest BCUT2D eigenvalue weighted by Crippen LogP contribution is 2.38. The van der Waals surface area contributed by atoms with Crippen molar-refractivity contribution in [2.45, 2.75) is 37.5 Å². The first-order chi connectivity index (χ1) is 15.6. The molecule has 0 radical (unpaired) electrons. The van der Waals surface area contributed by atoms with Crippen molar-refractivity contribution in [3.63, 3.8) is 0 Å². The maximum absolute atomic E-state index is 10.6. The highest BCUT2D eigenvalue weighted by atomic mass is 35.5. The molecular formula is C27H28ClN3O. The topological polar surface area (TPSA) is 47.9 Å². The van der Waals surface area contributed by atoms with Crippen LogP contribution in [0.1, 0.15) is 42.0 Å². The largest absolute Gasteiger partial charge is 0.508 e. The van der Waals surface area contributed by atoms with Gasteiger partial charge in [0.2, 0.25) is 0 Å². The summed E-state index contributed by atoms with van der Waals surface area (Å²) in [7, 11) is 0. The Balaban J connectivity index is 1.42. The van der Waals surface area contributed by atoms with E-state index in [-0.39, 0.29) is 17.5 Å². The number of piperidine rings is 1. The fourth-order valence-corrected chi connectivity index (χ4v) is 5.07. The van der Waals surface area contributed by atoms with Crippen molar-refractivity contribution in [3.8, 4) is 5.75 Å². The van der Waals surface area contributed by atoms with E-state index < -0.39 is 0 Å². The average Bonchev–Trinajstić information content (AvgIpc) is 2.83. The minimum atomic E-state index is -0.337. The third-order valence-electron chi connectivity index (χ3n) is 6.59. The van der Waals surface area contributed by atoms with Gasteiger partial charge in [0.15, 0.2) is 0 Å². The van der Waals surface area contributed by atoms with E-state index in [0.29, 0.717) is 11.4 Å². The SMILES string of the molecule is Oc1ccc(Cl)cc1[C@H]1CC(c2ccccc2)=NC2(CCN(Cc3ccccc3)CC2)N1. The molecular weight excluding hydrogens is 418 g/mol. The van der Waals surface area contributed by atoms with Crippen molar-refractivity contribution in [1.29, 1.82) is 0 Å². The fraction of sp³-hybridized carbons (Fsp3) is 0.296. The first-order valence-electron chi connectivity index (χ1n) is 11.3. The van der Waals surface area contributed by atoms with Gasteiger partial charge in [-0.05, 0) is 42.2 Å². The number of halogens is 1. The van der Waals surface area contributed by atoms with Gasteiger partial charge in [-0.3, -0.25) is 15.2 Å². The van der Waals surface area contributed by atoms with E-state index in [1.807, 2.05) is 12.1 Å². The van der Waals surface area contributed by atoms with Crippen LogP contribution in [0, 0.1) is 0 Å². The Morgan fingerprint density at radius 2 is 1.66 bits per heavy atom. The second kappa shape index (κ2) is 9.07. The molecule has 0 bridgehead atoms. The number of aliphatic imine (C=N–C) groups is 1. The summed E-state index contributed by atoms with van der Waals surface area (Å²) in [6.07, 6.45) is 2.56. The third-order valence-corrected chi connectivity index (χ3v) is 6.83. The van der Waals surface area contributed by atoms with E-state index in [4.69, 9.17) is 16.6 Å². The van der Waals surface area contributed by atoms with Crippen LogP contribution in [0.5, 0.6) is 5.75 Å². The van der Waals surface area contributed by atoms with Gasteiger partial charge < -0.3 is 5.11 Å². The van der Waals surface area contributed by atoms with Gasteiger partial charge in [0.05, 0.1) is 0 Å². The summed E-state index contributed by atoms with van der Waals surface area (Å²) in [5, 5.41) is 15.0. The van der Waals surface area contributed by atoms with E-state index in [0.717, 1.165) is 49.3 Å². The fourth-order valence-electron chi connectivity index (χ4n) is 4.89. The summed E-state index contributed by atoms with van der Waals surface area (Å²) < 4.78 is 0. The number of benzene rings is 3. The van der Waals surface area contributed by atoms with Crippen molar-refractivity contribution >= 4 is 17.3 Å². The molecule has 0 aromatic heterocycles. The van der Waals surface area contributed by atoms with Crippen molar-refractivity contribution in [2.24, 2.45) is 4.99 Å². The van der Waals surface area contributed by atoms with E-state index in [2.05, 4.69) is 64.8 Å². The molecule has 1 spiro atoms. The van der Waals surface area contributed by atoms with E-state index in [1.165, 1.54) is 5.56 Å². The van der Waals surface area contributed by atoms with Crippen molar-refractivity contribution in [3.05, 3.63) is 101 Å². The van der Waals surface area contributed by atoms with Crippen molar-refractivity contribution in [2.75, 3.05) is 13.1 Å². The zero-order valence-electron chi connectivity index (χ0n) is 18.0. The predicted molar refractivity (Wildman–Crippen MR) is 130 cm³/mol. The molecule has 3 aromatic carbocycles. The molecule has 5 rings (SSSR count). The maximum atomic E-state index is 10.6. The van der Waals surface area contributed by atoms with Crippen LogP contribution in [-0.4, -0.2) is 34.5 Å². The molecule has 32 heavy (non-hydrogen) atoms. The molecule has 3 aromatic rings. The third kappa shape index (κ3) is 4.58. The number of rotatable bonds is 4. The quantitative estimate of drug-likeness (QED) is 0.552. The molecule has 1 saturated heterocycles. The van der Waals surface area contributed by atoms with Crippen LogP contribution in [0.4, 0.5) is 0 Å². The van der Waals surface area contributed by atoms with Gasteiger partial charge >= 0.3 is 0 Å². The number of nitrogens with one attached hydrogen (secondary N) is 1. The molecule has 0 unspecified atom stereocenters. The van der Waals surface area contributed by atoms with Gasteiger partial charge in [0, 0.05) is 48.4 Å². The van der Waals surface area contributed by atoms with Crippen molar-refractivity contribution < 1.29 is 5.11 Å². The Hall–Kier alpha value is -2.66. The van der Waals surface area contributed by atoms with Gasteiger partial charge in [0.1, 0.15) is 11.4 Å². The van der Waals surface area contributed by atoms with Gasteiger partial charge in [-0.2, -0.15) is 0 Å². The molecule has 2 aliphatic heterocycles. The molecule has 0 aliphatic carbocycles. The summed E-state index contributed by atoms with van der Waals surface area (Å²) in [4.78, 5) is 7.78. The molecule has 2 N–H and O–H groups in total. The molecule has 2 heterocycles. The van der Waals surface area contributed by atoms with Crippen LogP contribution < -0.4 is 5.32 Å². The summed E-state index contributed by atoms with van der Waals surface area (Å²) in [5.74, 6) is 0.276. The lowest BCUT2D eigenvalue weighted by Gasteiger charge is -2.45. The molecule has 1 fully saturated rings. The van der Waals surface area contributed by atoms with Gasteiger partial charge in [-0.1, -0.05) is 72.3 Å². The Labute approximate surface area is 194 Å². The lowest BCUT2D eigenvalue weighted by molar-refractivity contribution is 0.120. The molecule has 0 amide bonds. The number of likely N-dealkylation sites (tertiary alicyclic amines) is 1. The van der Waals surface area contributed by atoms with E-state index in [1.54, 1.807) is 12.1 Å². The van der Waals surface area contributed by atoms with E-state index >= 15 is 0 Å². The van der Waals surface area contributed by atoms with Crippen LogP contribution in [-0.2, 0) is 6.54 Å². The van der Waals surface area contributed by atoms with Crippen LogP contribution in [0.3, 0.4) is 0 Å². The number of phenolic OH excluding ortho intramolecular Hbond substituents is 1. The van der Waals surface area contributed by atoms with Crippen LogP contribution in [0.25, 0.3) is 0 Å². The summed E-state index contributed by atoms with van der Waals surface area (Å²) in [6.45, 7) is 2.91. The van der Waals surface area contributed by atoms with Gasteiger partial charge in [-0.15, -0.1) is 0 Å². The Bertz CT molecular complexity index is 1090. The minimum Gasteiger partial charge on any atom is -0.508 e. The molecule has 4 nitrogen and oxygen atoms in total. The van der Waals surface area contributed by atoms with Crippen molar-refractivity contribution in [1.82, 2.24) is 10.2 Å². The highest BCUT2D eigenvalue weighted by Gasteiger charge is 2.40. The molecule has 2 aliphatic rings. The number of hydrogen-bond donors (Lipinski definition) is 2. The minimum absolute atomic E-state index is 0.0397. The van der Waals surface area contributed by atoms with E-state index in [9.17, 15) is 5.11 Å². The molecule has 0 saturated carbocycles. The second-order valence-corrected chi connectivity index (χ2v) is 9.26. The average molecular weight is 446 g/mol. The normalized spacial score (nSPS) is 20.8.